The first kappa shape index (κ1) is 12.8. The highest BCUT2D eigenvalue weighted by Gasteiger charge is 2.41. The van der Waals surface area contributed by atoms with Crippen molar-refractivity contribution in [2.24, 2.45) is 5.41 Å². The average molecular weight is 321 g/mol. The van der Waals surface area contributed by atoms with Gasteiger partial charge in [-0.3, -0.25) is 4.79 Å². The molecular weight excluding hydrogens is 308 g/mol. The molecule has 0 radical (unpaired) electrons. The zero-order chi connectivity index (χ0) is 12.5. The van der Waals surface area contributed by atoms with Gasteiger partial charge in [0.05, 0.1) is 4.47 Å². The van der Waals surface area contributed by atoms with E-state index in [9.17, 15) is 9.18 Å². The summed E-state index contributed by atoms with van der Waals surface area (Å²) in [5.41, 5.74) is 0.540. The van der Waals surface area contributed by atoms with Crippen LogP contribution in [-0.2, 0) is 0 Å². The molecule has 2 rings (SSSR count). The molecule has 1 N–H and O–H groups in total. The predicted molar refractivity (Wildman–Crippen MR) is 68.8 cm³/mol. The van der Waals surface area contributed by atoms with Crippen LogP contribution in [0.15, 0.2) is 22.7 Å². The minimum Gasteiger partial charge on any atom is -0.351 e. The van der Waals surface area contributed by atoms with Crippen molar-refractivity contribution in [2.45, 2.75) is 12.8 Å². The van der Waals surface area contributed by atoms with E-state index in [2.05, 4.69) is 21.2 Å². The fourth-order valence-corrected chi connectivity index (χ4v) is 2.28. The molecular formula is C12H12BrClFNO. The van der Waals surface area contributed by atoms with E-state index in [1.807, 2.05) is 0 Å². The van der Waals surface area contributed by atoms with Crippen LogP contribution in [-0.4, -0.2) is 18.3 Å². The van der Waals surface area contributed by atoms with Crippen molar-refractivity contribution < 1.29 is 9.18 Å². The lowest BCUT2D eigenvalue weighted by Crippen LogP contribution is -2.31. The second-order valence-corrected chi connectivity index (χ2v) is 5.57. The molecule has 92 valence electrons. The molecule has 2 nitrogen and oxygen atoms in total. The van der Waals surface area contributed by atoms with Crippen molar-refractivity contribution >= 4 is 33.4 Å². The van der Waals surface area contributed by atoms with Gasteiger partial charge in [0.1, 0.15) is 5.82 Å². The van der Waals surface area contributed by atoms with Crippen LogP contribution < -0.4 is 5.32 Å². The number of hydrogen-bond donors (Lipinski definition) is 1. The summed E-state index contributed by atoms with van der Waals surface area (Å²) in [5.74, 6) is 0.00323. The fraction of sp³-hybridized carbons (Fsp3) is 0.417. The molecule has 1 aliphatic rings. The molecule has 1 fully saturated rings. The monoisotopic (exact) mass is 319 g/mol. The summed E-state index contributed by atoms with van der Waals surface area (Å²) < 4.78 is 13.3. The molecule has 5 heteroatoms. The highest BCUT2D eigenvalue weighted by molar-refractivity contribution is 9.10. The molecule has 1 amide bonds. The Morgan fingerprint density at radius 2 is 2.24 bits per heavy atom. The van der Waals surface area contributed by atoms with Crippen LogP contribution in [0.4, 0.5) is 4.39 Å². The van der Waals surface area contributed by atoms with Gasteiger partial charge in [0.15, 0.2) is 0 Å². The molecule has 0 unspecified atom stereocenters. The maximum absolute atomic E-state index is 13.0. The number of nitrogens with one attached hydrogen (secondary N) is 1. The van der Waals surface area contributed by atoms with Gasteiger partial charge in [-0.2, -0.15) is 0 Å². The van der Waals surface area contributed by atoms with E-state index in [0.29, 0.717) is 22.5 Å². The fourth-order valence-electron chi connectivity index (χ4n) is 1.54. The normalized spacial score (nSPS) is 16.6. The molecule has 0 spiro atoms. The van der Waals surface area contributed by atoms with Gasteiger partial charge in [-0.05, 0) is 47.0 Å². The molecule has 0 aromatic heterocycles. The summed E-state index contributed by atoms with van der Waals surface area (Å²) in [6.07, 6.45) is 2.12. The molecule has 0 heterocycles. The molecule has 1 saturated carbocycles. The number of alkyl halides is 1. The van der Waals surface area contributed by atoms with E-state index in [1.54, 1.807) is 0 Å². The summed E-state index contributed by atoms with van der Waals surface area (Å²) in [6.45, 7) is 0.588. The van der Waals surface area contributed by atoms with Crippen LogP contribution in [0.3, 0.4) is 0 Å². The Morgan fingerprint density at radius 1 is 1.53 bits per heavy atom. The van der Waals surface area contributed by atoms with Gasteiger partial charge < -0.3 is 5.32 Å². The van der Waals surface area contributed by atoms with Gasteiger partial charge >= 0.3 is 0 Å². The molecule has 0 bridgehead atoms. The Kier molecular flexibility index (Phi) is 3.73. The third kappa shape index (κ3) is 2.99. The predicted octanol–water partition coefficient (Wildman–Crippen LogP) is 3.34. The van der Waals surface area contributed by atoms with E-state index in [0.717, 1.165) is 12.8 Å². The first-order chi connectivity index (χ1) is 8.06. The number of halogens is 3. The molecule has 17 heavy (non-hydrogen) atoms. The maximum atomic E-state index is 13.0. The third-order valence-corrected chi connectivity index (χ3v) is 4.22. The van der Waals surface area contributed by atoms with Gasteiger partial charge in [-0.1, -0.05) is 0 Å². The summed E-state index contributed by atoms with van der Waals surface area (Å²) in [5, 5.41) is 2.83. The van der Waals surface area contributed by atoms with Gasteiger partial charge in [0.25, 0.3) is 5.91 Å². The lowest BCUT2D eigenvalue weighted by molar-refractivity contribution is 0.0946. The zero-order valence-electron chi connectivity index (χ0n) is 9.10. The summed E-state index contributed by atoms with van der Waals surface area (Å²) in [6, 6.07) is 4.22. The van der Waals surface area contributed by atoms with Crippen molar-refractivity contribution in [3.63, 3.8) is 0 Å². The first-order valence-electron chi connectivity index (χ1n) is 5.36. The maximum Gasteiger partial charge on any atom is 0.251 e. The molecule has 0 atom stereocenters. The summed E-state index contributed by atoms with van der Waals surface area (Å²) in [7, 11) is 0. The second-order valence-electron chi connectivity index (χ2n) is 4.45. The Bertz CT molecular complexity index is 448. The van der Waals surface area contributed by atoms with E-state index < -0.39 is 0 Å². The Hall–Kier alpha value is -0.610. The smallest absolute Gasteiger partial charge is 0.251 e. The Balaban J connectivity index is 1.97. The Morgan fingerprint density at radius 3 is 2.76 bits per heavy atom. The number of carbonyl (C=O) groups is 1. The van der Waals surface area contributed by atoms with Gasteiger partial charge in [0, 0.05) is 23.4 Å². The van der Waals surface area contributed by atoms with Gasteiger partial charge in [0.2, 0.25) is 0 Å². The van der Waals surface area contributed by atoms with Crippen molar-refractivity contribution in [3.8, 4) is 0 Å². The van der Waals surface area contributed by atoms with Gasteiger partial charge in [-0.15, -0.1) is 11.6 Å². The lowest BCUT2D eigenvalue weighted by Gasteiger charge is -2.12. The molecule has 1 aromatic rings. The van der Waals surface area contributed by atoms with E-state index in [4.69, 9.17) is 11.6 Å². The number of rotatable bonds is 4. The molecule has 0 saturated heterocycles. The van der Waals surface area contributed by atoms with Crippen LogP contribution in [0.2, 0.25) is 0 Å². The molecule has 1 aromatic carbocycles. The first-order valence-corrected chi connectivity index (χ1v) is 6.68. The van der Waals surface area contributed by atoms with Crippen LogP contribution in [0.5, 0.6) is 0 Å². The van der Waals surface area contributed by atoms with Crippen molar-refractivity contribution in [1.82, 2.24) is 5.32 Å². The lowest BCUT2D eigenvalue weighted by atomic mass is 10.1. The second kappa shape index (κ2) is 4.94. The van der Waals surface area contributed by atoms with Crippen LogP contribution >= 0.6 is 27.5 Å². The van der Waals surface area contributed by atoms with Crippen LogP contribution in [0, 0.1) is 11.2 Å². The van der Waals surface area contributed by atoms with E-state index in [-0.39, 0.29) is 17.1 Å². The Labute approximate surface area is 113 Å². The third-order valence-electron chi connectivity index (χ3n) is 3.05. The standard InChI is InChI=1S/C12H12BrClFNO/c13-9-5-8(1-2-10(9)15)11(17)16-7-12(6-14)3-4-12/h1-2,5H,3-4,6-7H2,(H,16,17). The largest absolute Gasteiger partial charge is 0.351 e. The minimum atomic E-state index is -0.374. The summed E-state index contributed by atoms with van der Waals surface area (Å²) >= 11 is 8.88. The van der Waals surface area contributed by atoms with Crippen molar-refractivity contribution in [3.05, 3.63) is 34.1 Å². The molecule has 1 aliphatic carbocycles. The quantitative estimate of drug-likeness (QED) is 0.847. The SMILES string of the molecule is O=C(NCC1(CCl)CC1)c1ccc(F)c(Br)c1. The van der Waals surface area contributed by atoms with Crippen LogP contribution in [0.1, 0.15) is 23.2 Å². The van der Waals surface area contributed by atoms with Gasteiger partial charge in [-0.25, -0.2) is 4.39 Å². The van der Waals surface area contributed by atoms with E-state index in [1.165, 1.54) is 18.2 Å². The number of amides is 1. The van der Waals surface area contributed by atoms with Crippen molar-refractivity contribution in [2.75, 3.05) is 12.4 Å². The zero-order valence-corrected chi connectivity index (χ0v) is 11.4. The van der Waals surface area contributed by atoms with Crippen molar-refractivity contribution in [1.29, 1.82) is 0 Å². The highest BCUT2D eigenvalue weighted by Crippen LogP contribution is 2.45. The summed E-state index contributed by atoms with van der Waals surface area (Å²) in [4.78, 5) is 11.8. The minimum absolute atomic E-state index is 0.0917. The number of carbonyl (C=O) groups excluding carboxylic acids is 1. The topological polar surface area (TPSA) is 29.1 Å². The highest BCUT2D eigenvalue weighted by atomic mass is 79.9. The average Bonchev–Trinajstić information content (AvgIpc) is 3.10. The van der Waals surface area contributed by atoms with E-state index >= 15 is 0 Å². The van der Waals surface area contributed by atoms with Crippen LogP contribution in [0.25, 0.3) is 0 Å². The number of hydrogen-bond acceptors (Lipinski definition) is 1. The molecule has 0 aliphatic heterocycles. The number of benzene rings is 1.